The Morgan fingerprint density at radius 1 is 1.24 bits per heavy atom. The molecule has 2 heterocycles. The lowest BCUT2D eigenvalue weighted by Gasteiger charge is -2.05. The number of hydrogen-bond acceptors (Lipinski definition) is 8. The summed E-state index contributed by atoms with van der Waals surface area (Å²) in [4.78, 5) is 13.7. The maximum atomic E-state index is 13.6. The third-order valence-electron chi connectivity index (χ3n) is 5.62. The van der Waals surface area contributed by atoms with Gasteiger partial charge in [0.1, 0.15) is 5.82 Å². The zero-order chi connectivity index (χ0) is 26.2. The Bertz CT molecular complexity index is 1600. The second kappa shape index (κ2) is 10.1. The van der Waals surface area contributed by atoms with E-state index in [9.17, 15) is 17.9 Å². The van der Waals surface area contributed by atoms with Gasteiger partial charge in [-0.15, -0.1) is 11.3 Å². The lowest BCUT2D eigenvalue weighted by molar-refractivity contribution is 0.373. The number of phenols is 1. The van der Waals surface area contributed by atoms with E-state index in [0.717, 1.165) is 17.7 Å². The number of anilines is 1. The number of rotatable bonds is 8. The number of para-hydroxylation sites is 1. The summed E-state index contributed by atoms with van der Waals surface area (Å²) in [7, 11) is -2.58. The Kier molecular flexibility index (Phi) is 6.84. The molecule has 8 nitrogen and oxygen atoms in total. The molecule has 2 N–H and O–H groups in total. The van der Waals surface area contributed by atoms with Gasteiger partial charge in [-0.25, -0.2) is 14.4 Å². The molecular weight excluding hydrogens is 539 g/mol. The van der Waals surface area contributed by atoms with E-state index in [1.165, 1.54) is 55.1 Å². The summed E-state index contributed by atoms with van der Waals surface area (Å²) in [5.74, 6) is 0.0104. The number of aliphatic imine (C=N–C) groups is 1. The Hall–Kier alpha value is -3.54. The molecule has 1 fully saturated rings. The molecule has 1 saturated carbocycles. The van der Waals surface area contributed by atoms with Crippen molar-refractivity contribution in [2.45, 2.75) is 23.8 Å². The third-order valence-corrected chi connectivity index (χ3v) is 8.42. The zero-order valence-corrected chi connectivity index (χ0v) is 21.7. The van der Waals surface area contributed by atoms with Crippen molar-refractivity contribution >= 4 is 50.0 Å². The molecule has 0 unspecified atom stereocenters. The molecule has 0 atom stereocenters. The number of thiazole rings is 1. The van der Waals surface area contributed by atoms with Crippen molar-refractivity contribution in [3.05, 3.63) is 76.0 Å². The van der Waals surface area contributed by atoms with Gasteiger partial charge >= 0.3 is 0 Å². The lowest BCUT2D eigenvalue weighted by atomic mass is 10.1. The number of benzene rings is 2. The van der Waals surface area contributed by atoms with Crippen molar-refractivity contribution < 1.29 is 22.7 Å². The first-order chi connectivity index (χ1) is 17.7. The molecule has 5 rings (SSSR count). The average molecular weight is 559 g/mol. The molecule has 1 aliphatic carbocycles. The van der Waals surface area contributed by atoms with Crippen LogP contribution in [0.15, 0.2) is 64.7 Å². The molecule has 0 bridgehead atoms. The van der Waals surface area contributed by atoms with E-state index in [2.05, 4.69) is 19.7 Å². The fourth-order valence-electron chi connectivity index (χ4n) is 3.58. The molecule has 0 aliphatic heterocycles. The number of pyridine rings is 1. The second-order valence-corrected chi connectivity index (χ2v) is 11.3. The summed E-state index contributed by atoms with van der Waals surface area (Å²) in [6.07, 6.45) is 4.70. The van der Waals surface area contributed by atoms with E-state index < -0.39 is 15.8 Å². The highest BCUT2D eigenvalue weighted by molar-refractivity contribution is 7.92. The standard InChI is InChI=1S/C25H20ClFN4O4S2/c1-35-20-4-2-3-16(23(20)32)12-28-17-8-10-21(29-13-17)37(33,34)31-25-30-22(24(36-25)14-5-6-14)15-7-9-19(27)18(26)11-15/h2-4,7-14,32H,5-6H2,1H3,(H,30,31). The van der Waals surface area contributed by atoms with E-state index in [1.807, 2.05) is 0 Å². The minimum Gasteiger partial charge on any atom is -0.504 e. The first kappa shape index (κ1) is 25.1. The zero-order valence-electron chi connectivity index (χ0n) is 19.4. The number of aromatic nitrogens is 2. The van der Waals surface area contributed by atoms with E-state index in [1.54, 1.807) is 24.3 Å². The molecule has 190 valence electrons. The van der Waals surface area contributed by atoms with Crippen molar-refractivity contribution in [2.24, 2.45) is 4.99 Å². The quantitative estimate of drug-likeness (QED) is 0.251. The minimum absolute atomic E-state index is 0.0251. The Morgan fingerprint density at radius 2 is 2.05 bits per heavy atom. The van der Waals surface area contributed by atoms with Crippen LogP contribution < -0.4 is 9.46 Å². The molecule has 2 aromatic carbocycles. The van der Waals surface area contributed by atoms with Gasteiger partial charge in [-0.3, -0.25) is 9.71 Å². The SMILES string of the molecule is COc1cccc(C=Nc2ccc(S(=O)(=O)Nc3nc(-c4ccc(F)c(Cl)c4)c(C4CC4)s3)nc2)c1O. The highest BCUT2D eigenvalue weighted by Gasteiger charge is 2.31. The van der Waals surface area contributed by atoms with Gasteiger partial charge in [0.05, 0.1) is 29.7 Å². The van der Waals surface area contributed by atoms with Crippen LogP contribution in [0.4, 0.5) is 15.2 Å². The predicted molar refractivity (Wildman–Crippen MR) is 141 cm³/mol. The summed E-state index contributed by atoms with van der Waals surface area (Å²) < 4.78 is 47.2. The number of halogens is 2. The number of aromatic hydroxyl groups is 1. The fraction of sp³-hybridized carbons (Fsp3) is 0.160. The topological polar surface area (TPSA) is 114 Å². The summed E-state index contributed by atoms with van der Waals surface area (Å²) in [5.41, 5.74) is 2.04. The Labute approximate surface area is 221 Å². The van der Waals surface area contributed by atoms with Crippen molar-refractivity contribution in [2.75, 3.05) is 11.8 Å². The molecule has 37 heavy (non-hydrogen) atoms. The van der Waals surface area contributed by atoms with Crippen LogP contribution >= 0.6 is 22.9 Å². The first-order valence-corrected chi connectivity index (χ1v) is 13.8. The van der Waals surface area contributed by atoms with Crippen molar-refractivity contribution in [3.8, 4) is 22.8 Å². The average Bonchev–Trinajstić information content (AvgIpc) is 3.65. The lowest BCUT2D eigenvalue weighted by Crippen LogP contribution is -2.14. The van der Waals surface area contributed by atoms with Crippen LogP contribution in [0, 0.1) is 5.82 Å². The number of methoxy groups -OCH3 is 1. The van der Waals surface area contributed by atoms with Gasteiger partial charge in [-0.1, -0.05) is 17.7 Å². The van der Waals surface area contributed by atoms with Gasteiger partial charge in [-0.05, 0) is 61.2 Å². The molecule has 0 radical (unpaired) electrons. The van der Waals surface area contributed by atoms with Gasteiger partial charge in [0, 0.05) is 22.2 Å². The summed E-state index contributed by atoms with van der Waals surface area (Å²) in [6.45, 7) is 0. The van der Waals surface area contributed by atoms with Crippen molar-refractivity contribution in [3.63, 3.8) is 0 Å². The maximum Gasteiger partial charge on any atom is 0.281 e. The minimum atomic E-state index is -4.03. The number of hydrogen-bond donors (Lipinski definition) is 2. The Balaban J connectivity index is 1.36. The van der Waals surface area contributed by atoms with E-state index >= 15 is 0 Å². The monoisotopic (exact) mass is 558 g/mol. The Morgan fingerprint density at radius 3 is 2.73 bits per heavy atom. The smallest absolute Gasteiger partial charge is 0.281 e. The number of sulfonamides is 1. The molecular formula is C25H20ClFN4O4S2. The largest absolute Gasteiger partial charge is 0.504 e. The van der Waals surface area contributed by atoms with Gasteiger partial charge in [0.15, 0.2) is 21.7 Å². The molecule has 0 amide bonds. The normalized spacial score (nSPS) is 13.7. The predicted octanol–water partition coefficient (Wildman–Crippen LogP) is 6.14. The highest BCUT2D eigenvalue weighted by atomic mass is 35.5. The summed E-state index contributed by atoms with van der Waals surface area (Å²) in [5, 5.41) is 10.1. The van der Waals surface area contributed by atoms with Crippen LogP contribution in [0.1, 0.15) is 29.2 Å². The van der Waals surface area contributed by atoms with E-state index in [0.29, 0.717) is 28.3 Å². The van der Waals surface area contributed by atoms with E-state index in [-0.39, 0.29) is 26.8 Å². The summed E-state index contributed by atoms with van der Waals surface area (Å²) in [6, 6.07) is 12.2. The number of nitrogens with one attached hydrogen (secondary N) is 1. The van der Waals surface area contributed by atoms with Gasteiger partial charge in [0.25, 0.3) is 10.0 Å². The third kappa shape index (κ3) is 5.43. The number of nitrogens with zero attached hydrogens (tertiary/aromatic N) is 3. The molecule has 0 spiro atoms. The van der Waals surface area contributed by atoms with Crippen LogP contribution in [0.5, 0.6) is 11.5 Å². The van der Waals surface area contributed by atoms with Crippen molar-refractivity contribution in [1.29, 1.82) is 0 Å². The molecule has 1 aliphatic rings. The van der Waals surface area contributed by atoms with Crippen LogP contribution in [0.25, 0.3) is 11.3 Å². The van der Waals surface area contributed by atoms with Gasteiger partial charge < -0.3 is 9.84 Å². The van der Waals surface area contributed by atoms with Crippen molar-refractivity contribution in [1.82, 2.24) is 9.97 Å². The molecule has 2 aromatic heterocycles. The van der Waals surface area contributed by atoms with Crippen LogP contribution in [-0.2, 0) is 10.0 Å². The van der Waals surface area contributed by atoms with Crippen LogP contribution in [0.3, 0.4) is 0 Å². The van der Waals surface area contributed by atoms with Gasteiger partial charge in [0.2, 0.25) is 0 Å². The van der Waals surface area contributed by atoms with Gasteiger partial charge in [-0.2, -0.15) is 8.42 Å². The number of phenolic OH excluding ortho intramolecular Hbond substituents is 1. The first-order valence-electron chi connectivity index (χ1n) is 11.1. The summed E-state index contributed by atoms with van der Waals surface area (Å²) >= 11 is 7.20. The van der Waals surface area contributed by atoms with Crippen LogP contribution in [-0.4, -0.2) is 36.8 Å². The molecule has 4 aromatic rings. The maximum absolute atomic E-state index is 13.6. The highest BCUT2D eigenvalue weighted by Crippen LogP contribution is 2.48. The molecule has 12 heteroatoms. The van der Waals surface area contributed by atoms with Crippen LogP contribution in [0.2, 0.25) is 5.02 Å². The number of ether oxygens (including phenoxy) is 1. The fourth-order valence-corrected chi connectivity index (χ4v) is 6.08. The van der Waals surface area contributed by atoms with E-state index in [4.69, 9.17) is 16.3 Å². The molecule has 0 saturated heterocycles. The second-order valence-electron chi connectivity index (χ2n) is 8.25.